The molecule has 6 nitrogen and oxygen atoms in total. The molecule has 0 saturated heterocycles. The quantitative estimate of drug-likeness (QED) is 0.608. The molecule has 0 fully saturated rings. The van der Waals surface area contributed by atoms with Gasteiger partial charge < -0.3 is 25.3 Å². The van der Waals surface area contributed by atoms with Gasteiger partial charge in [-0.15, -0.1) is 12.4 Å². The molecule has 0 saturated carbocycles. The second-order valence-electron chi connectivity index (χ2n) is 7.02. The van der Waals surface area contributed by atoms with Crippen LogP contribution in [0.1, 0.15) is 36.2 Å². The molecule has 7 heteroatoms. The molecule has 0 bridgehead atoms. The second kappa shape index (κ2) is 12.2. The lowest BCUT2D eigenvalue weighted by molar-refractivity contribution is 0.0933. The molecule has 29 heavy (non-hydrogen) atoms. The van der Waals surface area contributed by atoms with Crippen molar-refractivity contribution in [2.75, 3.05) is 20.8 Å². The van der Waals surface area contributed by atoms with Gasteiger partial charge in [-0.25, -0.2) is 0 Å². The predicted molar refractivity (Wildman–Crippen MR) is 117 cm³/mol. The Bertz CT molecular complexity index is 744. The van der Waals surface area contributed by atoms with Gasteiger partial charge in [-0.1, -0.05) is 44.2 Å². The fraction of sp³-hybridized carbons (Fsp3) is 0.409. The van der Waals surface area contributed by atoms with E-state index in [2.05, 4.69) is 19.2 Å². The summed E-state index contributed by atoms with van der Waals surface area (Å²) in [4.78, 5) is 12.7. The molecule has 1 amide bonds. The lowest BCUT2D eigenvalue weighted by Crippen LogP contribution is -2.41. The van der Waals surface area contributed by atoms with E-state index >= 15 is 0 Å². The fourth-order valence-electron chi connectivity index (χ4n) is 2.93. The van der Waals surface area contributed by atoms with E-state index in [9.17, 15) is 4.79 Å². The van der Waals surface area contributed by atoms with Crippen molar-refractivity contribution in [3.63, 3.8) is 0 Å². The van der Waals surface area contributed by atoms with Gasteiger partial charge in [0, 0.05) is 18.2 Å². The number of carbonyl (C=O) groups is 1. The summed E-state index contributed by atoms with van der Waals surface area (Å²) in [6, 6.07) is 13.0. The van der Waals surface area contributed by atoms with Gasteiger partial charge in [0.2, 0.25) is 5.75 Å². The SMILES string of the molecule is COc1cc(C(=O)NC(CN)CC(C)C)cc(OC)c1OCc1ccccc1.Cl. The predicted octanol–water partition coefficient (Wildman–Crippen LogP) is 3.81. The zero-order chi connectivity index (χ0) is 20.5. The molecule has 0 spiro atoms. The van der Waals surface area contributed by atoms with Gasteiger partial charge in [-0.3, -0.25) is 4.79 Å². The summed E-state index contributed by atoms with van der Waals surface area (Å²) < 4.78 is 16.8. The largest absolute Gasteiger partial charge is 0.493 e. The van der Waals surface area contributed by atoms with E-state index < -0.39 is 0 Å². The van der Waals surface area contributed by atoms with E-state index in [0.29, 0.717) is 41.9 Å². The van der Waals surface area contributed by atoms with Crippen molar-refractivity contribution in [1.82, 2.24) is 5.32 Å². The Kier molecular flexibility index (Phi) is 10.3. The van der Waals surface area contributed by atoms with Crippen molar-refractivity contribution in [3.05, 3.63) is 53.6 Å². The van der Waals surface area contributed by atoms with Crippen molar-refractivity contribution in [3.8, 4) is 17.2 Å². The summed E-state index contributed by atoms with van der Waals surface area (Å²) in [7, 11) is 3.07. The Hall–Kier alpha value is -2.44. The first-order valence-electron chi connectivity index (χ1n) is 9.42. The average Bonchev–Trinajstić information content (AvgIpc) is 2.71. The number of ether oxygens (including phenoxy) is 3. The number of benzene rings is 2. The second-order valence-corrected chi connectivity index (χ2v) is 7.02. The third-order valence-electron chi connectivity index (χ3n) is 4.32. The van der Waals surface area contributed by atoms with Crippen LogP contribution in [0.5, 0.6) is 17.2 Å². The van der Waals surface area contributed by atoms with Crippen LogP contribution < -0.4 is 25.3 Å². The van der Waals surface area contributed by atoms with Crippen LogP contribution in [0.2, 0.25) is 0 Å². The molecule has 0 heterocycles. The van der Waals surface area contributed by atoms with Crippen LogP contribution in [0, 0.1) is 5.92 Å². The van der Waals surface area contributed by atoms with Gasteiger partial charge in [0.1, 0.15) is 6.61 Å². The molecule has 0 aliphatic heterocycles. The molecule has 0 radical (unpaired) electrons. The number of methoxy groups -OCH3 is 2. The third kappa shape index (κ3) is 7.15. The Morgan fingerprint density at radius 2 is 1.66 bits per heavy atom. The van der Waals surface area contributed by atoms with E-state index in [1.165, 1.54) is 14.2 Å². The monoisotopic (exact) mass is 422 g/mol. The molecule has 2 aromatic rings. The van der Waals surface area contributed by atoms with Gasteiger partial charge in [0.05, 0.1) is 14.2 Å². The van der Waals surface area contributed by atoms with E-state index in [1.807, 2.05) is 30.3 Å². The van der Waals surface area contributed by atoms with Crippen molar-refractivity contribution in [2.45, 2.75) is 32.9 Å². The molecule has 1 atom stereocenters. The first-order chi connectivity index (χ1) is 13.5. The fourth-order valence-corrected chi connectivity index (χ4v) is 2.93. The molecule has 2 aromatic carbocycles. The molecular weight excluding hydrogens is 392 g/mol. The number of nitrogens with one attached hydrogen (secondary N) is 1. The highest BCUT2D eigenvalue weighted by atomic mass is 35.5. The van der Waals surface area contributed by atoms with Crippen molar-refractivity contribution < 1.29 is 19.0 Å². The number of hydrogen-bond acceptors (Lipinski definition) is 5. The maximum absolute atomic E-state index is 12.7. The normalized spacial score (nSPS) is 11.4. The van der Waals surface area contributed by atoms with Crippen LogP contribution in [0.4, 0.5) is 0 Å². The number of halogens is 1. The summed E-state index contributed by atoms with van der Waals surface area (Å²) in [5, 5.41) is 2.98. The highest BCUT2D eigenvalue weighted by molar-refractivity contribution is 5.95. The summed E-state index contributed by atoms with van der Waals surface area (Å²) in [6.07, 6.45) is 0.814. The van der Waals surface area contributed by atoms with E-state index in [-0.39, 0.29) is 24.4 Å². The van der Waals surface area contributed by atoms with Crippen LogP contribution in [-0.4, -0.2) is 32.7 Å². The number of carbonyl (C=O) groups excluding carboxylic acids is 1. The minimum absolute atomic E-state index is 0. The number of hydrogen-bond donors (Lipinski definition) is 2. The Balaban J connectivity index is 0.00000420. The molecule has 0 aromatic heterocycles. The standard InChI is InChI=1S/C22H30N2O4.ClH/c1-15(2)10-18(13-23)24-22(25)17-11-19(26-3)21(20(12-17)27-4)28-14-16-8-6-5-7-9-16;/h5-9,11-12,15,18H,10,13-14,23H2,1-4H3,(H,24,25);1H. The zero-order valence-electron chi connectivity index (χ0n) is 17.4. The summed E-state index contributed by atoms with van der Waals surface area (Å²) >= 11 is 0. The molecule has 0 aliphatic carbocycles. The highest BCUT2D eigenvalue weighted by Gasteiger charge is 2.20. The first-order valence-corrected chi connectivity index (χ1v) is 9.42. The molecular formula is C22H31ClN2O4. The van der Waals surface area contributed by atoms with Crippen molar-refractivity contribution >= 4 is 18.3 Å². The van der Waals surface area contributed by atoms with E-state index in [0.717, 1.165) is 12.0 Å². The smallest absolute Gasteiger partial charge is 0.251 e. The van der Waals surface area contributed by atoms with E-state index in [1.54, 1.807) is 12.1 Å². The molecule has 160 valence electrons. The zero-order valence-corrected chi connectivity index (χ0v) is 18.3. The van der Waals surface area contributed by atoms with Crippen LogP contribution >= 0.6 is 12.4 Å². The Labute approximate surface area is 179 Å². The lowest BCUT2D eigenvalue weighted by Gasteiger charge is -2.20. The minimum atomic E-state index is -0.220. The topological polar surface area (TPSA) is 82.8 Å². The van der Waals surface area contributed by atoms with E-state index in [4.69, 9.17) is 19.9 Å². The van der Waals surface area contributed by atoms with Gasteiger partial charge in [0.25, 0.3) is 5.91 Å². The average molecular weight is 423 g/mol. The van der Waals surface area contributed by atoms with Crippen LogP contribution in [-0.2, 0) is 6.61 Å². The van der Waals surface area contributed by atoms with Gasteiger partial charge in [-0.2, -0.15) is 0 Å². The molecule has 0 aliphatic rings. The van der Waals surface area contributed by atoms with Gasteiger partial charge in [-0.05, 0) is 30.0 Å². The molecule has 1 unspecified atom stereocenters. The molecule has 3 N–H and O–H groups in total. The Morgan fingerprint density at radius 1 is 1.07 bits per heavy atom. The van der Waals surface area contributed by atoms with Crippen molar-refractivity contribution in [1.29, 1.82) is 0 Å². The number of amides is 1. The van der Waals surface area contributed by atoms with Crippen molar-refractivity contribution in [2.24, 2.45) is 11.7 Å². The lowest BCUT2D eigenvalue weighted by atomic mass is 10.0. The summed E-state index contributed by atoms with van der Waals surface area (Å²) in [5.74, 6) is 1.55. The summed E-state index contributed by atoms with van der Waals surface area (Å²) in [6.45, 7) is 4.94. The maximum atomic E-state index is 12.7. The third-order valence-corrected chi connectivity index (χ3v) is 4.32. The Morgan fingerprint density at radius 3 is 2.14 bits per heavy atom. The maximum Gasteiger partial charge on any atom is 0.251 e. The van der Waals surface area contributed by atoms with Crippen LogP contribution in [0.15, 0.2) is 42.5 Å². The molecule has 2 rings (SSSR count). The number of rotatable bonds is 10. The van der Waals surface area contributed by atoms with Crippen LogP contribution in [0.25, 0.3) is 0 Å². The van der Waals surface area contributed by atoms with Gasteiger partial charge >= 0.3 is 0 Å². The highest BCUT2D eigenvalue weighted by Crippen LogP contribution is 2.39. The number of nitrogens with two attached hydrogens (primary N) is 1. The first kappa shape index (κ1) is 24.6. The summed E-state index contributed by atoms with van der Waals surface area (Å²) in [5.41, 5.74) is 7.25. The van der Waals surface area contributed by atoms with Gasteiger partial charge in [0.15, 0.2) is 11.5 Å². The minimum Gasteiger partial charge on any atom is -0.493 e. The van der Waals surface area contributed by atoms with Crippen LogP contribution in [0.3, 0.4) is 0 Å².